The van der Waals surface area contributed by atoms with Gasteiger partial charge in [0.2, 0.25) is 0 Å². The van der Waals surface area contributed by atoms with Crippen LogP contribution in [0.4, 0.5) is 0 Å². The first-order valence-corrected chi connectivity index (χ1v) is 9.74. The second kappa shape index (κ2) is 5.28. The number of aliphatic hydroxyl groups is 1. The van der Waals surface area contributed by atoms with Crippen molar-refractivity contribution in [1.82, 2.24) is 0 Å². The molecule has 0 spiro atoms. The zero-order chi connectivity index (χ0) is 17.3. The largest absolute Gasteiger partial charge is 0.396 e. The Kier molecular flexibility index (Phi) is 3.73. The average molecular weight is 336 g/mol. The molecule has 0 unspecified atom stereocenters. The molecule has 2 heterocycles. The summed E-state index contributed by atoms with van der Waals surface area (Å²) in [7, 11) is 0. The van der Waals surface area contributed by atoms with Crippen molar-refractivity contribution in [2.24, 2.45) is 23.2 Å². The van der Waals surface area contributed by atoms with E-state index in [0.717, 1.165) is 38.5 Å². The Morgan fingerprint density at radius 1 is 1.04 bits per heavy atom. The zero-order valence-electron chi connectivity index (χ0n) is 15.5. The van der Waals surface area contributed by atoms with Crippen LogP contribution < -0.4 is 0 Å². The second-order valence-corrected chi connectivity index (χ2v) is 9.55. The van der Waals surface area contributed by atoms with Gasteiger partial charge in [-0.3, -0.25) is 4.79 Å². The molecule has 4 fully saturated rings. The van der Waals surface area contributed by atoms with Gasteiger partial charge in [0.1, 0.15) is 6.10 Å². The van der Waals surface area contributed by atoms with Crippen LogP contribution in [-0.4, -0.2) is 40.9 Å². The maximum atomic E-state index is 13.1. The van der Waals surface area contributed by atoms with Crippen LogP contribution in [0, 0.1) is 23.2 Å². The van der Waals surface area contributed by atoms with E-state index in [1.54, 1.807) is 0 Å². The van der Waals surface area contributed by atoms with E-state index in [9.17, 15) is 9.90 Å². The van der Waals surface area contributed by atoms with Gasteiger partial charge in [0.15, 0.2) is 5.78 Å². The van der Waals surface area contributed by atoms with Crippen molar-refractivity contribution in [2.45, 2.75) is 89.6 Å². The lowest BCUT2D eigenvalue weighted by Gasteiger charge is -2.50. The first-order valence-electron chi connectivity index (χ1n) is 9.74. The highest BCUT2D eigenvalue weighted by Gasteiger charge is 2.63. The minimum absolute atomic E-state index is 0.00265. The average Bonchev–Trinajstić information content (AvgIpc) is 3.41. The SMILES string of the molecule is C[C@@H]1CC[C@H]2C(=O)[C@H]3O[C@]3(C)CC[C@@H]3O[C@@]3(C)CC[C@]1(C)[C@H]2CO. The molecule has 2 saturated heterocycles. The predicted octanol–water partition coefficient (Wildman–Crippen LogP) is 3.11. The number of carbonyl (C=O) groups excluding carboxylic acids is 1. The summed E-state index contributed by atoms with van der Waals surface area (Å²) in [5.41, 5.74) is -0.320. The molecule has 1 N–H and O–H groups in total. The third kappa shape index (κ3) is 2.40. The number of carbonyl (C=O) groups is 1. The zero-order valence-corrected chi connectivity index (χ0v) is 15.5. The van der Waals surface area contributed by atoms with Gasteiger partial charge < -0.3 is 14.6 Å². The number of ether oxygens (including phenoxy) is 2. The van der Waals surface area contributed by atoms with E-state index >= 15 is 0 Å². The van der Waals surface area contributed by atoms with Crippen molar-refractivity contribution in [1.29, 1.82) is 0 Å². The second-order valence-electron chi connectivity index (χ2n) is 9.55. The smallest absolute Gasteiger partial charge is 0.168 e. The van der Waals surface area contributed by atoms with Gasteiger partial charge in [0.25, 0.3) is 0 Å². The molecule has 2 aliphatic carbocycles. The first kappa shape index (κ1) is 17.0. The van der Waals surface area contributed by atoms with Crippen LogP contribution in [-0.2, 0) is 14.3 Å². The highest BCUT2D eigenvalue weighted by atomic mass is 16.6. The number of fused-ring (bicyclic) bond motifs is 4. The first-order chi connectivity index (χ1) is 11.2. The molecule has 0 radical (unpaired) electrons. The van der Waals surface area contributed by atoms with E-state index in [-0.39, 0.29) is 46.9 Å². The maximum absolute atomic E-state index is 13.1. The normalized spacial score (nSPS) is 57.2. The van der Waals surface area contributed by atoms with E-state index in [1.807, 2.05) is 0 Å². The summed E-state index contributed by atoms with van der Waals surface area (Å²) < 4.78 is 11.9. The summed E-state index contributed by atoms with van der Waals surface area (Å²) in [6, 6.07) is 0. The Balaban J connectivity index is 1.67. The number of rotatable bonds is 1. The van der Waals surface area contributed by atoms with Gasteiger partial charge >= 0.3 is 0 Å². The molecule has 136 valence electrons. The molecule has 4 aliphatic rings. The topological polar surface area (TPSA) is 62.4 Å². The van der Waals surface area contributed by atoms with E-state index in [0.29, 0.717) is 12.0 Å². The van der Waals surface area contributed by atoms with Crippen LogP contribution in [0.25, 0.3) is 0 Å². The fourth-order valence-corrected chi connectivity index (χ4v) is 5.68. The van der Waals surface area contributed by atoms with E-state index in [4.69, 9.17) is 9.47 Å². The molecule has 2 saturated carbocycles. The highest BCUT2D eigenvalue weighted by molar-refractivity contribution is 5.89. The number of aliphatic hydroxyl groups excluding tert-OH is 1. The Bertz CT molecular complexity index is 548. The van der Waals surface area contributed by atoms with Gasteiger partial charge in [-0.05, 0) is 69.6 Å². The molecular formula is C20H32O4. The molecular weight excluding hydrogens is 304 g/mol. The van der Waals surface area contributed by atoms with Crippen molar-refractivity contribution >= 4 is 5.78 Å². The molecule has 2 bridgehead atoms. The maximum Gasteiger partial charge on any atom is 0.168 e. The summed E-state index contributed by atoms with van der Waals surface area (Å²) in [5.74, 6) is 0.761. The summed E-state index contributed by atoms with van der Waals surface area (Å²) in [6.07, 6.45) is 5.93. The van der Waals surface area contributed by atoms with Crippen molar-refractivity contribution in [3.8, 4) is 0 Å². The van der Waals surface area contributed by atoms with Crippen molar-refractivity contribution in [3.05, 3.63) is 0 Å². The van der Waals surface area contributed by atoms with Crippen LogP contribution in [0.15, 0.2) is 0 Å². The third-order valence-corrected chi connectivity index (χ3v) is 8.17. The Labute approximate surface area is 145 Å². The van der Waals surface area contributed by atoms with Crippen molar-refractivity contribution in [2.75, 3.05) is 6.61 Å². The lowest BCUT2D eigenvalue weighted by molar-refractivity contribution is -0.134. The number of Topliss-reactive ketones (excluding diaryl/α,β-unsaturated/α-hetero) is 1. The Morgan fingerprint density at radius 2 is 1.79 bits per heavy atom. The van der Waals surface area contributed by atoms with Crippen molar-refractivity contribution < 1.29 is 19.4 Å². The van der Waals surface area contributed by atoms with Crippen LogP contribution in [0.1, 0.15) is 66.2 Å². The molecule has 0 aromatic carbocycles. The third-order valence-electron chi connectivity index (χ3n) is 8.17. The number of hydrogen-bond acceptors (Lipinski definition) is 4. The Morgan fingerprint density at radius 3 is 2.50 bits per heavy atom. The van der Waals surface area contributed by atoms with Crippen LogP contribution >= 0.6 is 0 Å². The van der Waals surface area contributed by atoms with Gasteiger partial charge in [0.05, 0.1) is 17.3 Å². The molecule has 8 atom stereocenters. The molecule has 4 nitrogen and oxygen atoms in total. The van der Waals surface area contributed by atoms with Gasteiger partial charge in [0, 0.05) is 12.5 Å². The number of epoxide rings is 2. The Hall–Kier alpha value is -0.450. The minimum atomic E-state index is -0.303. The van der Waals surface area contributed by atoms with Crippen LogP contribution in [0.5, 0.6) is 0 Å². The standard InChI is InChI=1S/C20H32O4/c1-12-5-6-13-14(11-21)18(12,2)9-10-19(3)15(23-19)7-8-20(4)17(24-20)16(13)22/h12-15,17,21H,5-11H2,1-4H3/t12-,13-,14+,15+,17-,18+,19+,20-/m1/s1. The molecule has 4 rings (SSSR count). The quantitative estimate of drug-likeness (QED) is 0.747. The van der Waals surface area contributed by atoms with Crippen LogP contribution in [0.2, 0.25) is 0 Å². The molecule has 0 aromatic heterocycles. The highest BCUT2D eigenvalue weighted by Crippen LogP contribution is 2.57. The lowest BCUT2D eigenvalue weighted by Crippen LogP contribution is -2.48. The predicted molar refractivity (Wildman–Crippen MR) is 90.6 cm³/mol. The monoisotopic (exact) mass is 336 g/mol. The number of hydrogen-bond donors (Lipinski definition) is 1. The van der Waals surface area contributed by atoms with Gasteiger partial charge in [-0.2, -0.15) is 0 Å². The summed E-state index contributed by atoms with van der Waals surface area (Å²) in [5, 5.41) is 10.2. The number of ketones is 1. The summed E-state index contributed by atoms with van der Waals surface area (Å²) >= 11 is 0. The van der Waals surface area contributed by atoms with E-state index < -0.39 is 0 Å². The van der Waals surface area contributed by atoms with Gasteiger partial charge in [-0.1, -0.05) is 13.8 Å². The van der Waals surface area contributed by atoms with Gasteiger partial charge in [-0.25, -0.2) is 0 Å². The minimum Gasteiger partial charge on any atom is -0.396 e. The van der Waals surface area contributed by atoms with Gasteiger partial charge in [-0.15, -0.1) is 0 Å². The fraction of sp³-hybridized carbons (Fsp3) is 0.950. The molecule has 24 heavy (non-hydrogen) atoms. The molecule has 0 amide bonds. The van der Waals surface area contributed by atoms with E-state index in [2.05, 4.69) is 27.7 Å². The van der Waals surface area contributed by atoms with Crippen LogP contribution in [0.3, 0.4) is 0 Å². The van der Waals surface area contributed by atoms with Crippen molar-refractivity contribution in [3.63, 3.8) is 0 Å². The summed E-state index contributed by atoms with van der Waals surface area (Å²) in [6.45, 7) is 8.98. The fourth-order valence-electron chi connectivity index (χ4n) is 5.68. The molecule has 0 aromatic rings. The van der Waals surface area contributed by atoms with E-state index in [1.165, 1.54) is 0 Å². The molecule has 4 heteroatoms. The summed E-state index contributed by atoms with van der Waals surface area (Å²) in [4.78, 5) is 13.1. The lowest BCUT2D eigenvalue weighted by atomic mass is 9.54. The molecule has 2 aliphatic heterocycles.